The molecule has 0 saturated heterocycles. The Balaban J connectivity index is 0.000000181. The molecule has 12 rings (SSSR count). The lowest BCUT2D eigenvalue weighted by molar-refractivity contribution is 1.33. The largest absolute Gasteiger partial charge is 0.338 e. The van der Waals surface area contributed by atoms with E-state index < -0.39 is 0 Å². The molecule has 2 N–H and O–H groups in total. The van der Waals surface area contributed by atoms with Gasteiger partial charge < -0.3 is 9.97 Å². The summed E-state index contributed by atoms with van der Waals surface area (Å²) in [5, 5.41) is 22.0. The lowest BCUT2D eigenvalue weighted by Crippen LogP contribution is -1.97. The van der Waals surface area contributed by atoms with E-state index in [-0.39, 0.29) is 0 Å². The van der Waals surface area contributed by atoms with E-state index in [0.717, 1.165) is 44.8 Å². The first kappa shape index (κ1) is 54.4. The number of aromatic nitrogens is 4. The Bertz CT molecular complexity index is 3590. The summed E-state index contributed by atoms with van der Waals surface area (Å²) in [6.45, 7) is 4.29. The molecule has 12 aromatic rings. The van der Waals surface area contributed by atoms with E-state index >= 15 is 0 Å². The molecule has 2 heterocycles. The van der Waals surface area contributed by atoms with Crippen molar-refractivity contribution < 1.29 is 0 Å². The average molecular weight is 1020 g/mol. The number of para-hydroxylation sites is 4. The van der Waals surface area contributed by atoms with Gasteiger partial charge in [-0.1, -0.05) is 255 Å². The summed E-state index contributed by atoms with van der Waals surface area (Å²) < 4.78 is 0. The molecule has 0 spiro atoms. The number of nitrogens with one attached hydrogen (secondary N) is 2. The van der Waals surface area contributed by atoms with Gasteiger partial charge in [-0.25, -0.2) is 9.97 Å². The molecule has 0 bridgehead atoms. The molecule has 0 radical (unpaired) electrons. The van der Waals surface area contributed by atoms with E-state index in [0.29, 0.717) is 0 Å². The SMILES string of the molecule is CC#N.CC#N.CC#N.c1ccc(C(=C(c2ccccc2)c2ccc(-c3nc4ccccc4[nH]3)cc2)c2ccccc2)cc1.c1ccc(C(=C(c2ccccc2)c2ccc(-c3nc4ccccc4[nH]3)cc2)c2ccccc2)cc1. The molecular formula is C72H57N7. The van der Waals surface area contributed by atoms with Crippen LogP contribution in [0.25, 0.3) is 67.1 Å². The summed E-state index contributed by atoms with van der Waals surface area (Å²) in [5.74, 6) is 1.77. The molecule has 0 unspecified atom stereocenters. The highest BCUT2D eigenvalue weighted by atomic mass is 14.9. The first-order chi connectivity index (χ1) is 39.0. The fraction of sp³-hybridized carbons (Fsp3) is 0.0417. The first-order valence-electron chi connectivity index (χ1n) is 25.8. The topological polar surface area (TPSA) is 129 Å². The van der Waals surface area contributed by atoms with Crippen molar-refractivity contribution in [2.24, 2.45) is 0 Å². The fourth-order valence-corrected chi connectivity index (χ4v) is 9.22. The molecule has 7 heteroatoms. The molecule has 0 fully saturated rings. The minimum Gasteiger partial charge on any atom is -0.338 e. The van der Waals surface area contributed by atoms with Crippen molar-refractivity contribution in [1.82, 2.24) is 19.9 Å². The second kappa shape index (κ2) is 28.1. The summed E-state index contributed by atoms with van der Waals surface area (Å²) in [7, 11) is 0. The van der Waals surface area contributed by atoms with Crippen LogP contribution >= 0.6 is 0 Å². The standard InChI is InChI=1S/2C33H24N2.3C2H3N/c2*1-4-12-24(13-5-1)31(25-14-6-2-7-15-25)32(26-16-8-3-9-17-26)27-20-22-28(23-21-27)33-34-29-18-10-11-19-30(29)35-33;3*1-2-3/h2*1-23H,(H,34,35);3*1H3. The third-order valence-corrected chi connectivity index (χ3v) is 12.5. The van der Waals surface area contributed by atoms with Crippen LogP contribution in [0.3, 0.4) is 0 Å². The smallest absolute Gasteiger partial charge is 0.138 e. The number of imidazole rings is 2. The number of rotatable bonds is 10. The van der Waals surface area contributed by atoms with Crippen molar-refractivity contribution in [3.8, 4) is 41.0 Å². The van der Waals surface area contributed by atoms with Crippen molar-refractivity contribution in [2.45, 2.75) is 20.8 Å². The molecule has 7 nitrogen and oxygen atoms in total. The molecule has 0 saturated carbocycles. The molecule has 0 aliphatic carbocycles. The Labute approximate surface area is 463 Å². The zero-order chi connectivity index (χ0) is 55.0. The number of hydrogen-bond donors (Lipinski definition) is 2. The van der Waals surface area contributed by atoms with E-state index in [9.17, 15) is 0 Å². The van der Waals surface area contributed by atoms with Crippen LogP contribution in [0.1, 0.15) is 65.3 Å². The monoisotopic (exact) mass is 1020 g/mol. The fourth-order valence-electron chi connectivity index (χ4n) is 9.22. The van der Waals surface area contributed by atoms with Crippen molar-refractivity contribution in [2.75, 3.05) is 0 Å². The lowest BCUT2D eigenvalue weighted by atomic mass is 9.85. The summed E-state index contributed by atoms with van der Waals surface area (Å²) in [5.41, 5.74) is 20.5. The molecule has 0 atom stereocenters. The summed E-state index contributed by atoms with van der Waals surface area (Å²) >= 11 is 0. The third kappa shape index (κ3) is 13.9. The number of H-pyrrole nitrogens is 2. The van der Waals surface area contributed by atoms with E-state index in [2.05, 4.69) is 253 Å². The molecular weight excluding hydrogens is 963 g/mol. The normalized spacial score (nSPS) is 9.92. The van der Waals surface area contributed by atoms with Gasteiger partial charge in [-0.2, -0.15) is 15.8 Å². The third-order valence-electron chi connectivity index (χ3n) is 12.5. The van der Waals surface area contributed by atoms with Crippen LogP contribution in [-0.4, -0.2) is 19.9 Å². The summed E-state index contributed by atoms with van der Waals surface area (Å²) in [4.78, 5) is 16.4. The van der Waals surface area contributed by atoms with Gasteiger partial charge in [0.2, 0.25) is 0 Å². The van der Waals surface area contributed by atoms with Gasteiger partial charge in [-0.15, -0.1) is 0 Å². The number of nitrogens with zero attached hydrogens (tertiary/aromatic N) is 5. The highest BCUT2D eigenvalue weighted by molar-refractivity contribution is 6.06. The van der Waals surface area contributed by atoms with E-state index in [4.69, 9.17) is 25.8 Å². The van der Waals surface area contributed by atoms with Crippen molar-refractivity contribution >= 4 is 44.4 Å². The maximum atomic E-state index is 7.32. The Hall–Kier alpha value is -10.9. The summed E-state index contributed by atoms with van der Waals surface area (Å²) in [6.07, 6.45) is 0. The zero-order valence-electron chi connectivity index (χ0n) is 44.3. The predicted molar refractivity (Wildman–Crippen MR) is 326 cm³/mol. The molecule has 0 aliphatic heterocycles. The van der Waals surface area contributed by atoms with E-state index in [1.807, 2.05) is 36.4 Å². The number of aromatic amines is 2. The highest BCUT2D eigenvalue weighted by Crippen LogP contribution is 2.39. The Morgan fingerprint density at radius 2 is 0.456 bits per heavy atom. The minimum absolute atomic E-state index is 0.884. The second-order valence-corrected chi connectivity index (χ2v) is 17.7. The number of fused-ring (bicyclic) bond motifs is 2. The number of hydrogen-bond acceptors (Lipinski definition) is 5. The van der Waals surface area contributed by atoms with Crippen molar-refractivity contribution in [3.63, 3.8) is 0 Å². The minimum atomic E-state index is 0.884. The second-order valence-electron chi connectivity index (χ2n) is 17.7. The molecule has 79 heavy (non-hydrogen) atoms. The number of nitriles is 3. The summed E-state index contributed by atoms with van der Waals surface area (Å²) in [6, 6.07) is 103. The molecule has 380 valence electrons. The average Bonchev–Trinajstić information content (AvgIpc) is 4.17. The molecule has 0 aliphatic rings. The first-order valence-corrected chi connectivity index (χ1v) is 25.8. The molecule has 0 amide bonds. The van der Waals surface area contributed by atoms with Crippen molar-refractivity contribution in [3.05, 3.63) is 324 Å². The Kier molecular flexibility index (Phi) is 19.3. The van der Waals surface area contributed by atoms with Crippen LogP contribution < -0.4 is 0 Å². The maximum Gasteiger partial charge on any atom is 0.138 e. The van der Waals surface area contributed by atoms with Gasteiger partial charge in [0.05, 0.1) is 40.3 Å². The van der Waals surface area contributed by atoms with Crippen LogP contribution in [0.15, 0.2) is 279 Å². The van der Waals surface area contributed by atoms with Crippen LogP contribution in [0.2, 0.25) is 0 Å². The van der Waals surface area contributed by atoms with Gasteiger partial charge >= 0.3 is 0 Å². The number of benzene rings is 10. The molecule has 2 aromatic heterocycles. The van der Waals surface area contributed by atoms with E-state index in [1.165, 1.54) is 87.6 Å². The van der Waals surface area contributed by atoms with Gasteiger partial charge in [-0.05, 0) is 91.1 Å². The van der Waals surface area contributed by atoms with Gasteiger partial charge in [0, 0.05) is 31.9 Å². The van der Waals surface area contributed by atoms with Crippen molar-refractivity contribution in [1.29, 1.82) is 15.8 Å². The lowest BCUT2D eigenvalue weighted by Gasteiger charge is -2.18. The Morgan fingerprint density at radius 3 is 0.671 bits per heavy atom. The van der Waals surface area contributed by atoms with Gasteiger partial charge in [-0.3, -0.25) is 0 Å². The molecule has 10 aromatic carbocycles. The van der Waals surface area contributed by atoms with E-state index in [1.54, 1.807) is 18.2 Å². The predicted octanol–water partition coefficient (Wildman–Crippen LogP) is 18.1. The quantitative estimate of drug-likeness (QED) is 0.132. The van der Waals surface area contributed by atoms with Gasteiger partial charge in [0.25, 0.3) is 0 Å². The highest BCUT2D eigenvalue weighted by Gasteiger charge is 2.18. The van der Waals surface area contributed by atoms with Crippen LogP contribution in [0.4, 0.5) is 0 Å². The maximum absolute atomic E-state index is 7.32. The van der Waals surface area contributed by atoms with Crippen LogP contribution in [0.5, 0.6) is 0 Å². The van der Waals surface area contributed by atoms with Gasteiger partial charge in [0.1, 0.15) is 11.6 Å². The van der Waals surface area contributed by atoms with Crippen LogP contribution in [0, 0.1) is 34.0 Å². The zero-order valence-corrected chi connectivity index (χ0v) is 44.3. The Morgan fingerprint density at radius 1 is 0.266 bits per heavy atom. The van der Waals surface area contributed by atoms with Crippen LogP contribution in [-0.2, 0) is 0 Å². The van der Waals surface area contributed by atoms with Gasteiger partial charge in [0.15, 0.2) is 0 Å².